The molecule has 1 fully saturated rings. The minimum atomic E-state index is -6.97. The van der Waals surface area contributed by atoms with Gasteiger partial charge in [0.2, 0.25) is 0 Å². The van der Waals surface area contributed by atoms with Crippen LogP contribution in [0.3, 0.4) is 0 Å². The summed E-state index contributed by atoms with van der Waals surface area (Å²) in [5.74, 6) is 0.539. The van der Waals surface area contributed by atoms with Crippen LogP contribution in [0.2, 0.25) is 0 Å². The van der Waals surface area contributed by atoms with Crippen LogP contribution in [-0.2, 0) is 34.7 Å². The van der Waals surface area contributed by atoms with Gasteiger partial charge in [-0.05, 0) is 0 Å². The van der Waals surface area contributed by atoms with E-state index in [-0.39, 0.29) is 42.9 Å². The average Bonchev–Trinajstić information content (AvgIpc) is 3.79. The maximum absolute atomic E-state index is 12.1. The van der Waals surface area contributed by atoms with Crippen molar-refractivity contribution in [3.05, 3.63) is 129 Å². The van der Waals surface area contributed by atoms with Crippen molar-refractivity contribution >= 4 is 12.4 Å². The second-order valence-electron chi connectivity index (χ2n) is 19.6. The fourth-order valence-electron chi connectivity index (χ4n) is 6.62. The first-order chi connectivity index (χ1) is 28.4. The number of halogens is 9. The zero-order valence-electron chi connectivity index (χ0n) is 37.4. The van der Waals surface area contributed by atoms with E-state index < -0.39 is 37.2 Å². The molecular weight excluding hydrogens is 882 g/mol. The van der Waals surface area contributed by atoms with Gasteiger partial charge in [-0.3, -0.25) is 0 Å². The number of aliphatic hydroxyl groups is 1. The Bertz CT molecular complexity index is 2120. The fourth-order valence-corrected chi connectivity index (χ4v) is 11.0. The molecule has 1 aliphatic heterocycles. The number of rotatable bonds is 7. The quantitative estimate of drug-likeness (QED) is 0.127. The molecule has 5 nitrogen and oxygen atoms in total. The van der Waals surface area contributed by atoms with Gasteiger partial charge >= 0.3 is 323 Å². The molecule has 2 atom stereocenters. The van der Waals surface area contributed by atoms with Crippen molar-refractivity contribution in [3.8, 4) is 11.5 Å². The largest absolute Gasteiger partial charge is 0.440 e. The molecule has 0 amide bonds. The number of phenolic OH excluding ortho intramolecular Hbond substituents is 2. The van der Waals surface area contributed by atoms with Crippen molar-refractivity contribution in [2.45, 2.75) is 139 Å². The summed E-state index contributed by atoms with van der Waals surface area (Å²) in [7, 11) is 0. The van der Waals surface area contributed by atoms with Crippen molar-refractivity contribution in [3.63, 3.8) is 0 Å². The van der Waals surface area contributed by atoms with Crippen molar-refractivity contribution in [1.82, 2.24) is 0 Å². The number of alkyl halides is 9. The van der Waals surface area contributed by atoms with E-state index in [1.54, 1.807) is 0 Å². The van der Waals surface area contributed by atoms with E-state index in [0.717, 1.165) is 22.3 Å². The minimum Gasteiger partial charge on any atom is -0.333 e. The maximum atomic E-state index is 12.1. The van der Waals surface area contributed by atoms with Gasteiger partial charge in [-0.25, -0.2) is 4.39 Å². The molecule has 4 aromatic carbocycles. The molecule has 1 aliphatic rings. The Morgan fingerprint density at radius 1 is 0.476 bits per heavy atom. The van der Waals surface area contributed by atoms with E-state index in [1.165, 1.54) is 11.1 Å². The van der Waals surface area contributed by atoms with Gasteiger partial charge in [0.05, 0.1) is 0 Å². The van der Waals surface area contributed by atoms with Crippen LogP contribution < -0.4 is 0 Å². The zero-order chi connectivity index (χ0) is 48.2. The van der Waals surface area contributed by atoms with Crippen molar-refractivity contribution in [2.75, 3.05) is 0 Å². The number of nitrogens with zero attached hydrogens (tertiary/aromatic N) is 2. The molecule has 4 aromatic rings. The van der Waals surface area contributed by atoms with Gasteiger partial charge in [0, 0.05) is 0 Å². The molecule has 0 aromatic heterocycles. The van der Waals surface area contributed by atoms with Crippen molar-refractivity contribution in [2.24, 2.45) is 8.08 Å². The Morgan fingerprint density at radius 3 is 1.00 bits per heavy atom. The Kier molecular flexibility index (Phi) is 14.0. The van der Waals surface area contributed by atoms with Crippen LogP contribution >= 0.6 is 0 Å². The van der Waals surface area contributed by atoms with Crippen LogP contribution in [0.4, 0.5) is 39.5 Å². The molecular formula is C48H57CoF9N2O3. The van der Waals surface area contributed by atoms with Gasteiger partial charge < -0.3 is 5.11 Å². The van der Waals surface area contributed by atoms with E-state index in [1.807, 2.05) is 24.6 Å². The van der Waals surface area contributed by atoms with Crippen molar-refractivity contribution in [1.29, 1.82) is 0 Å². The van der Waals surface area contributed by atoms with E-state index >= 15 is 0 Å². The summed E-state index contributed by atoms with van der Waals surface area (Å²) in [6.45, 7) is 26.0. The number of benzene rings is 4. The first-order valence-corrected chi connectivity index (χ1v) is 22.1. The number of hydrogen-bond donors (Lipinski definition) is 3. The summed E-state index contributed by atoms with van der Waals surface area (Å²) >= 11 is -2.51. The van der Waals surface area contributed by atoms with E-state index in [4.69, 9.17) is 13.2 Å². The van der Waals surface area contributed by atoms with Crippen LogP contribution in [-0.4, -0.2) is 51.9 Å². The van der Waals surface area contributed by atoms with Crippen LogP contribution in [0, 0.1) is 0 Å². The third kappa shape index (κ3) is 10.8. The van der Waals surface area contributed by atoms with E-state index in [9.17, 15) is 49.7 Å². The van der Waals surface area contributed by atoms with Gasteiger partial charge in [0.15, 0.2) is 0 Å². The van der Waals surface area contributed by atoms with Gasteiger partial charge in [-0.15, -0.1) is 0 Å². The molecule has 0 radical (unpaired) electrons. The number of hydrogen-bond acceptors (Lipinski definition) is 5. The topological polar surface area (TPSA) is 85.4 Å². The Morgan fingerprint density at radius 2 is 0.778 bits per heavy atom. The van der Waals surface area contributed by atoms with Gasteiger partial charge in [0.1, 0.15) is 0 Å². The molecule has 15 heteroatoms. The molecule has 349 valence electrons. The smallest absolute Gasteiger partial charge is 0.333 e. The molecule has 3 N–H and O–H groups in total. The summed E-state index contributed by atoms with van der Waals surface area (Å²) in [5, 5.41) is 30.7. The molecule has 0 spiro atoms. The normalized spacial score (nSPS) is 20.3. The molecule has 0 bridgehead atoms. The standard InChI is InChI=1S/2C15H22NO.C14H12.C4HF9O.Co/c2*1-14(2,3)11-7-10(9-16)13(17)12(8-11)15(4,5)6;1-3-7-13(8-4-1)11-12-14-9-5-2-6-10-14;5-1(2(6,7)8,3(9,10)11)4(12,13)14;/h2*7-9,17H,1-6H3;1-12H;14H;/q2*-1;;;+2. The third-order valence-corrected chi connectivity index (χ3v) is 14.5. The predicted octanol–water partition coefficient (Wildman–Crippen LogP) is 13.7. The average molecular weight is 940 g/mol. The zero-order valence-corrected chi connectivity index (χ0v) is 38.4. The van der Waals surface area contributed by atoms with Crippen LogP contribution in [0.15, 0.2) is 93.0 Å². The number of phenols is 2. The molecule has 1 heterocycles. The van der Waals surface area contributed by atoms with Gasteiger partial charge in [-0.2, -0.15) is 35.1 Å². The molecule has 63 heavy (non-hydrogen) atoms. The Labute approximate surface area is 366 Å². The first-order valence-electron chi connectivity index (χ1n) is 19.9. The minimum absolute atomic E-state index is 0.0618. The predicted molar refractivity (Wildman–Crippen MR) is 228 cm³/mol. The van der Waals surface area contributed by atoms with E-state index in [2.05, 4.69) is 156 Å². The summed E-state index contributed by atoms with van der Waals surface area (Å²) < 4.78 is 114. The monoisotopic (exact) mass is 939 g/mol. The maximum Gasteiger partial charge on any atom is 0.440 e. The van der Waals surface area contributed by atoms with Crippen LogP contribution in [0.5, 0.6) is 11.5 Å². The summed E-state index contributed by atoms with van der Waals surface area (Å²) in [6.07, 6.45) is -16.8. The van der Waals surface area contributed by atoms with Gasteiger partial charge in [-0.1, -0.05) is 0 Å². The molecule has 5 rings (SSSR count). The second-order valence-corrected chi connectivity index (χ2v) is 23.1. The van der Waals surface area contributed by atoms with E-state index in [0.29, 0.717) is 11.1 Å². The second kappa shape index (κ2) is 17.2. The van der Waals surface area contributed by atoms with Crippen molar-refractivity contribution < 1.29 is 67.9 Å². The SMILES string of the molecule is CC(C)(C)c1cc(C=[N][Co]2([N]=Cc3cc(C(C)(C)C)cc(C(C)(C)C)c3O)[C@H](c3ccccc3)[C@H]2c2ccccc2)c(O)c(C(C)(C)C)c1.OC(F)(F)C(F)(C(F)(F)F)C(F)(F)F. The fraction of sp³-hybridized carbons (Fsp3) is 0.458. The summed E-state index contributed by atoms with van der Waals surface area (Å²) in [4.78, 5) is 0.124. The third-order valence-electron chi connectivity index (χ3n) is 10.5. The first kappa shape index (κ1) is 51.3. The van der Waals surface area contributed by atoms with Crippen LogP contribution in [0.25, 0.3) is 0 Å². The summed E-state index contributed by atoms with van der Waals surface area (Å²) in [6, 6.07) is 29.6. The molecule has 0 saturated carbocycles. The summed E-state index contributed by atoms with van der Waals surface area (Å²) in [5.41, 5.74) is 0.254. The molecule has 1 saturated heterocycles. The Hall–Kier alpha value is -4.34. The van der Waals surface area contributed by atoms with Crippen LogP contribution in [0.1, 0.15) is 137 Å². The van der Waals surface area contributed by atoms with Gasteiger partial charge in [0.25, 0.3) is 0 Å². The molecule has 0 unspecified atom stereocenters. The molecule has 0 aliphatic carbocycles. The number of aromatic hydroxyl groups is 2. The Balaban J connectivity index is 0.000000535.